The molecular weight excluding hydrogens is 370 g/mol. The Labute approximate surface area is 157 Å². The van der Waals surface area contributed by atoms with Gasteiger partial charge in [0.2, 0.25) is 11.3 Å². The van der Waals surface area contributed by atoms with Gasteiger partial charge in [0.25, 0.3) is 0 Å². The van der Waals surface area contributed by atoms with Gasteiger partial charge in [-0.05, 0) is 37.3 Å². The first-order valence-corrected chi connectivity index (χ1v) is 8.59. The fourth-order valence-electron chi connectivity index (χ4n) is 2.80. The molecule has 4 aromatic rings. The number of carbonyl (C=O) groups excluding carboxylic acids is 1. The minimum atomic E-state index is -0.393. The smallest absolute Gasteiger partial charge is 0.231 e. The molecule has 4 rings (SSSR count). The zero-order chi connectivity index (χ0) is 19.0. The van der Waals surface area contributed by atoms with Crippen LogP contribution in [0.1, 0.15) is 12.6 Å². The van der Waals surface area contributed by atoms with Crippen molar-refractivity contribution in [3.8, 4) is 0 Å². The zero-order valence-corrected chi connectivity index (χ0v) is 15.0. The highest BCUT2D eigenvalue weighted by Crippen LogP contribution is 2.17. The number of hydrogen-bond donors (Lipinski definition) is 1. The van der Waals surface area contributed by atoms with Gasteiger partial charge in [0.1, 0.15) is 12.0 Å². The van der Waals surface area contributed by atoms with Gasteiger partial charge in [-0.3, -0.25) is 14.3 Å². The Balaban J connectivity index is 1.64. The molecule has 0 unspecified atom stereocenters. The van der Waals surface area contributed by atoms with E-state index in [0.29, 0.717) is 33.9 Å². The average Bonchev–Trinajstić information content (AvgIpc) is 3.11. The summed E-state index contributed by atoms with van der Waals surface area (Å²) >= 11 is 6.02. The standard InChI is InChI=1S/C17H14ClN7O2/c1-2-24-13-7-10(18)3-4-11(13)17(27)12(22-24)8-16(26)20-14-5-6-15-21-19-9-25(15)23-14/h3-7,9H,2,8H2,1H3,(H,20,23,26). The second-order valence-electron chi connectivity index (χ2n) is 5.83. The second kappa shape index (κ2) is 6.76. The number of nitrogens with zero attached hydrogens (tertiary/aromatic N) is 6. The molecule has 0 aliphatic carbocycles. The highest BCUT2D eigenvalue weighted by molar-refractivity contribution is 6.31. The van der Waals surface area contributed by atoms with Gasteiger partial charge in [-0.25, -0.2) is 0 Å². The van der Waals surface area contributed by atoms with E-state index in [9.17, 15) is 9.59 Å². The van der Waals surface area contributed by atoms with Crippen molar-refractivity contribution in [1.29, 1.82) is 0 Å². The van der Waals surface area contributed by atoms with Gasteiger partial charge >= 0.3 is 0 Å². The Morgan fingerprint density at radius 2 is 2.07 bits per heavy atom. The number of fused-ring (bicyclic) bond motifs is 2. The summed E-state index contributed by atoms with van der Waals surface area (Å²) in [6.45, 7) is 2.44. The largest absolute Gasteiger partial charge is 0.309 e. The summed E-state index contributed by atoms with van der Waals surface area (Å²) in [6, 6.07) is 8.28. The van der Waals surface area contributed by atoms with Crippen LogP contribution in [0.5, 0.6) is 0 Å². The predicted molar refractivity (Wildman–Crippen MR) is 99.8 cm³/mol. The molecule has 1 aromatic carbocycles. The molecule has 0 bridgehead atoms. The molecular formula is C17H14ClN7O2. The molecule has 0 aliphatic rings. The van der Waals surface area contributed by atoms with Crippen LogP contribution in [0.4, 0.5) is 5.82 Å². The van der Waals surface area contributed by atoms with Crippen LogP contribution in [-0.4, -0.2) is 35.5 Å². The minimum absolute atomic E-state index is 0.162. The summed E-state index contributed by atoms with van der Waals surface area (Å²) in [7, 11) is 0. The van der Waals surface area contributed by atoms with Crippen molar-refractivity contribution in [1.82, 2.24) is 29.6 Å². The zero-order valence-electron chi connectivity index (χ0n) is 14.3. The van der Waals surface area contributed by atoms with E-state index in [1.807, 2.05) is 6.92 Å². The van der Waals surface area contributed by atoms with Crippen molar-refractivity contribution >= 4 is 39.9 Å². The molecule has 9 nitrogen and oxygen atoms in total. The van der Waals surface area contributed by atoms with Crippen LogP contribution in [0.2, 0.25) is 5.02 Å². The maximum absolute atomic E-state index is 12.7. The van der Waals surface area contributed by atoms with Gasteiger partial charge in [0, 0.05) is 17.0 Å². The fourth-order valence-corrected chi connectivity index (χ4v) is 2.97. The van der Waals surface area contributed by atoms with Crippen LogP contribution in [0, 0.1) is 0 Å². The quantitative estimate of drug-likeness (QED) is 0.574. The van der Waals surface area contributed by atoms with Crippen molar-refractivity contribution in [3.05, 3.63) is 57.6 Å². The molecule has 3 heterocycles. The molecule has 27 heavy (non-hydrogen) atoms. The first-order chi connectivity index (χ1) is 13.0. The Kier molecular flexibility index (Phi) is 4.28. The van der Waals surface area contributed by atoms with Crippen LogP contribution >= 0.6 is 11.6 Å². The van der Waals surface area contributed by atoms with E-state index in [2.05, 4.69) is 25.7 Å². The Morgan fingerprint density at radius 3 is 2.89 bits per heavy atom. The van der Waals surface area contributed by atoms with Gasteiger partial charge in [0.15, 0.2) is 11.5 Å². The molecule has 0 atom stereocenters. The molecule has 136 valence electrons. The lowest BCUT2D eigenvalue weighted by Crippen LogP contribution is -2.25. The Morgan fingerprint density at radius 1 is 1.22 bits per heavy atom. The third kappa shape index (κ3) is 3.24. The number of aryl methyl sites for hydroxylation is 1. The van der Waals surface area contributed by atoms with E-state index < -0.39 is 5.91 Å². The van der Waals surface area contributed by atoms with Crippen LogP contribution in [-0.2, 0) is 17.8 Å². The summed E-state index contributed by atoms with van der Waals surface area (Å²) < 4.78 is 3.10. The first kappa shape index (κ1) is 17.1. The van der Waals surface area contributed by atoms with Crippen molar-refractivity contribution in [2.75, 3.05) is 5.32 Å². The van der Waals surface area contributed by atoms with Gasteiger partial charge in [-0.15, -0.1) is 15.3 Å². The number of hydrogen-bond acceptors (Lipinski definition) is 6. The second-order valence-corrected chi connectivity index (χ2v) is 6.27. The number of amides is 1. The molecule has 0 aliphatic heterocycles. The number of nitrogens with one attached hydrogen (secondary N) is 1. The Bertz CT molecular complexity index is 1230. The maximum Gasteiger partial charge on any atom is 0.231 e. The monoisotopic (exact) mass is 383 g/mol. The van der Waals surface area contributed by atoms with Crippen LogP contribution in [0.25, 0.3) is 16.6 Å². The molecule has 0 fully saturated rings. The number of rotatable bonds is 4. The van der Waals surface area contributed by atoms with Crippen LogP contribution < -0.4 is 10.7 Å². The molecule has 0 saturated carbocycles. The van der Waals surface area contributed by atoms with Crippen molar-refractivity contribution < 1.29 is 4.79 Å². The molecule has 0 radical (unpaired) electrons. The van der Waals surface area contributed by atoms with Crippen molar-refractivity contribution in [3.63, 3.8) is 0 Å². The summed E-state index contributed by atoms with van der Waals surface area (Å²) in [6.07, 6.45) is 1.26. The van der Waals surface area contributed by atoms with Gasteiger partial charge in [-0.2, -0.15) is 9.61 Å². The SMILES string of the molecule is CCn1nc(CC(=O)Nc2ccc3nncn3n2)c(=O)c2ccc(Cl)cc21. The summed E-state index contributed by atoms with van der Waals surface area (Å²) in [5.41, 5.74) is 1.07. The molecule has 1 amide bonds. The van der Waals surface area contributed by atoms with Crippen LogP contribution in [0.15, 0.2) is 41.5 Å². The summed E-state index contributed by atoms with van der Waals surface area (Å²) in [5.74, 6) is -0.0637. The van der Waals surface area contributed by atoms with E-state index in [0.717, 1.165) is 0 Å². The minimum Gasteiger partial charge on any atom is -0.309 e. The van der Waals surface area contributed by atoms with Crippen LogP contribution in [0.3, 0.4) is 0 Å². The summed E-state index contributed by atoms with van der Waals surface area (Å²) in [5, 5.41) is 19.7. The lowest BCUT2D eigenvalue weighted by Gasteiger charge is -2.10. The third-order valence-electron chi connectivity index (χ3n) is 4.04. The molecule has 10 heteroatoms. The fraction of sp³-hybridized carbons (Fsp3) is 0.176. The lowest BCUT2D eigenvalue weighted by molar-refractivity contribution is -0.115. The highest BCUT2D eigenvalue weighted by Gasteiger charge is 2.15. The maximum atomic E-state index is 12.7. The molecule has 0 spiro atoms. The topological polar surface area (TPSA) is 107 Å². The van der Waals surface area contributed by atoms with E-state index in [4.69, 9.17) is 11.6 Å². The third-order valence-corrected chi connectivity index (χ3v) is 4.28. The molecule has 1 N–H and O–H groups in total. The van der Waals surface area contributed by atoms with Gasteiger partial charge < -0.3 is 5.32 Å². The molecule has 3 aromatic heterocycles. The average molecular weight is 384 g/mol. The van der Waals surface area contributed by atoms with Gasteiger partial charge in [0.05, 0.1) is 11.9 Å². The van der Waals surface area contributed by atoms with E-state index >= 15 is 0 Å². The van der Waals surface area contributed by atoms with E-state index in [-0.39, 0.29) is 17.5 Å². The Hall–Kier alpha value is -3.33. The number of benzene rings is 1. The first-order valence-electron chi connectivity index (χ1n) is 8.21. The van der Waals surface area contributed by atoms with Crippen molar-refractivity contribution in [2.45, 2.75) is 19.9 Å². The highest BCUT2D eigenvalue weighted by atomic mass is 35.5. The van der Waals surface area contributed by atoms with E-state index in [1.165, 1.54) is 10.8 Å². The van der Waals surface area contributed by atoms with E-state index in [1.54, 1.807) is 35.0 Å². The number of carbonyl (C=O) groups is 1. The summed E-state index contributed by atoms with van der Waals surface area (Å²) in [4.78, 5) is 25.1. The van der Waals surface area contributed by atoms with Crippen molar-refractivity contribution in [2.24, 2.45) is 0 Å². The normalized spacial score (nSPS) is 11.2. The lowest BCUT2D eigenvalue weighted by atomic mass is 10.1. The number of aromatic nitrogens is 6. The number of halogens is 1. The molecule has 0 saturated heterocycles. The predicted octanol–water partition coefficient (Wildman–Crippen LogP) is 1.69. The number of anilines is 1. The van der Waals surface area contributed by atoms with Gasteiger partial charge in [-0.1, -0.05) is 11.6 Å².